The molecule has 0 unspecified atom stereocenters. The number of pyridine rings is 1. The van der Waals surface area contributed by atoms with E-state index in [1.807, 2.05) is 12.1 Å². The van der Waals surface area contributed by atoms with Crippen LogP contribution in [0, 0.1) is 11.8 Å². The van der Waals surface area contributed by atoms with Crippen LogP contribution in [-0.2, 0) is 16.1 Å². The van der Waals surface area contributed by atoms with Gasteiger partial charge in [0, 0.05) is 17.8 Å². The monoisotopic (exact) mass is 380 g/mol. The van der Waals surface area contributed by atoms with E-state index in [0.29, 0.717) is 30.6 Å². The van der Waals surface area contributed by atoms with Gasteiger partial charge in [-0.3, -0.25) is 14.0 Å². The minimum absolute atomic E-state index is 0.161. The summed E-state index contributed by atoms with van der Waals surface area (Å²) >= 11 is 0. The van der Waals surface area contributed by atoms with Crippen LogP contribution in [0.25, 0.3) is 5.65 Å². The number of carbonyl (C=O) groups is 2. The standard InChI is InChI=1S/C20H20N4O4/c25-18(14-7-8-15(11-14)19(26)27)21-16-5-3-4-13(10-16)12-24-20(28)23-9-2-1-6-17(23)22-24/h1-6,9-10,14-15H,7-8,11-12H2,(H,21,25)(H,26,27)/t14-,15+/m0/s1. The zero-order valence-corrected chi connectivity index (χ0v) is 15.1. The Morgan fingerprint density at radius 3 is 2.71 bits per heavy atom. The summed E-state index contributed by atoms with van der Waals surface area (Å²) in [4.78, 5) is 35.9. The molecule has 8 nitrogen and oxygen atoms in total. The number of amides is 1. The molecule has 0 radical (unpaired) electrons. The number of nitrogens with zero attached hydrogens (tertiary/aromatic N) is 3. The molecule has 2 N–H and O–H groups in total. The van der Waals surface area contributed by atoms with Gasteiger partial charge in [-0.05, 0) is 49.1 Å². The van der Waals surface area contributed by atoms with Crippen molar-refractivity contribution in [3.63, 3.8) is 0 Å². The van der Waals surface area contributed by atoms with Gasteiger partial charge in [0.25, 0.3) is 0 Å². The lowest BCUT2D eigenvalue weighted by atomic mass is 10.0. The van der Waals surface area contributed by atoms with Gasteiger partial charge in [0.2, 0.25) is 5.91 Å². The molecule has 0 spiro atoms. The summed E-state index contributed by atoms with van der Waals surface area (Å²) in [5, 5.41) is 16.3. The lowest BCUT2D eigenvalue weighted by Crippen LogP contribution is -2.22. The topological polar surface area (TPSA) is 106 Å². The van der Waals surface area contributed by atoms with Crippen molar-refractivity contribution < 1.29 is 14.7 Å². The Labute approximate surface area is 160 Å². The molecule has 2 aromatic heterocycles. The van der Waals surface area contributed by atoms with Gasteiger partial charge >= 0.3 is 11.7 Å². The summed E-state index contributed by atoms with van der Waals surface area (Å²) in [6, 6.07) is 12.6. The van der Waals surface area contributed by atoms with Crippen LogP contribution in [0.3, 0.4) is 0 Å². The van der Waals surface area contributed by atoms with E-state index in [1.165, 1.54) is 9.08 Å². The third kappa shape index (κ3) is 3.53. The summed E-state index contributed by atoms with van der Waals surface area (Å²) in [5.74, 6) is -1.73. The Hall–Kier alpha value is -3.42. The highest BCUT2D eigenvalue weighted by atomic mass is 16.4. The second-order valence-corrected chi connectivity index (χ2v) is 7.10. The smallest absolute Gasteiger partial charge is 0.350 e. The average molecular weight is 380 g/mol. The molecule has 4 rings (SSSR count). The number of nitrogens with one attached hydrogen (secondary N) is 1. The van der Waals surface area contributed by atoms with Crippen molar-refractivity contribution in [1.29, 1.82) is 0 Å². The molecule has 0 bridgehead atoms. The summed E-state index contributed by atoms with van der Waals surface area (Å²) in [6.07, 6.45) is 3.16. The fourth-order valence-corrected chi connectivity index (χ4v) is 3.68. The molecule has 8 heteroatoms. The maximum atomic E-state index is 12.4. The Balaban J connectivity index is 1.47. The fraction of sp³-hybridized carbons (Fsp3) is 0.300. The molecule has 1 fully saturated rings. The van der Waals surface area contributed by atoms with Crippen LogP contribution in [0.4, 0.5) is 5.69 Å². The summed E-state index contributed by atoms with van der Waals surface area (Å²) in [6.45, 7) is 0.286. The van der Waals surface area contributed by atoms with E-state index in [4.69, 9.17) is 5.11 Å². The van der Waals surface area contributed by atoms with Crippen molar-refractivity contribution in [2.24, 2.45) is 11.8 Å². The zero-order chi connectivity index (χ0) is 19.7. The van der Waals surface area contributed by atoms with Gasteiger partial charge in [-0.25, -0.2) is 9.48 Å². The predicted molar refractivity (Wildman–Crippen MR) is 102 cm³/mol. The van der Waals surface area contributed by atoms with Gasteiger partial charge in [-0.2, -0.15) is 0 Å². The zero-order valence-electron chi connectivity index (χ0n) is 15.1. The second kappa shape index (κ2) is 7.30. The lowest BCUT2D eigenvalue weighted by Gasteiger charge is -2.12. The normalized spacial score (nSPS) is 19.0. The Kier molecular flexibility index (Phi) is 4.68. The first kappa shape index (κ1) is 18.0. The molecule has 1 aromatic carbocycles. The summed E-state index contributed by atoms with van der Waals surface area (Å²) < 4.78 is 2.86. The van der Waals surface area contributed by atoms with Gasteiger partial charge in [0.05, 0.1) is 12.5 Å². The van der Waals surface area contributed by atoms with Crippen LogP contribution >= 0.6 is 0 Å². The van der Waals surface area contributed by atoms with E-state index in [-0.39, 0.29) is 24.1 Å². The van der Waals surface area contributed by atoms with Crippen molar-refractivity contribution >= 4 is 23.2 Å². The lowest BCUT2D eigenvalue weighted by molar-refractivity contribution is -0.141. The van der Waals surface area contributed by atoms with Gasteiger partial charge in [-0.1, -0.05) is 18.2 Å². The van der Waals surface area contributed by atoms with Gasteiger partial charge < -0.3 is 10.4 Å². The van der Waals surface area contributed by atoms with Crippen LogP contribution in [0.5, 0.6) is 0 Å². The van der Waals surface area contributed by atoms with E-state index < -0.39 is 11.9 Å². The van der Waals surface area contributed by atoms with Crippen molar-refractivity contribution in [2.45, 2.75) is 25.8 Å². The van der Waals surface area contributed by atoms with Crippen LogP contribution in [0.15, 0.2) is 53.5 Å². The molecule has 1 amide bonds. The first-order valence-corrected chi connectivity index (χ1v) is 9.18. The maximum Gasteiger partial charge on any atom is 0.350 e. The minimum Gasteiger partial charge on any atom is -0.481 e. The number of hydrogen-bond donors (Lipinski definition) is 2. The molecule has 2 atom stereocenters. The SMILES string of the molecule is O=C(O)[C@@H]1CC[C@H](C(=O)Nc2cccc(Cn3nc4ccccn4c3=O)c2)C1. The minimum atomic E-state index is -0.838. The third-order valence-corrected chi connectivity index (χ3v) is 5.17. The number of carboxylic acids is 1. The molecule has 28 heavy (non-hydrogen) atoms. The molecule has 144 valence electrons. The number of aliphatic carboxylic acids is 1. The van der Waals surface area contributed by atoms with Crippen molar-refractivity contribution in [2.75, 3.05) is 5.32 Å². The summed E-state index contributed by atoms with van der Waals surface area (Å²) in [5.41, 5.74) is 1.80. The Bertz CT molecular complexity index is 1100. The first-order valence-electron chi connectivity index (χ1n) is 9.18. The molecule has 1 saturated carbocycles. The average Bonchev–Trinajstić information content (AvgIpc) is 3.29. The predicted octanol–water partition coefficient (Wildman–Crippen LogP) is 1.98. The number of anilines is 1. The molecule has 1 aliphatic rings. The number of benzene rings is 1. The highest BCUT2D eigenvalue weighted by molar-refractivity contribution is 5.93. The molecule has 3 aromatic rings. The highest BCUT2D eigenvalue weighted by Gasteiger charge is 2.33. The van der Waals surface area contributed by atoms with Crippen LogP contribution in [0.1, 0.15) is 24.8 Å². The number of aromatic nitrogens is 3. The van der Waals surface area contributed by atoms with E-state index >= 15 is 0 Å². The van der Waals surface area contributed by atoms with Crippen LogP contribution < -0.4 is 11.0 Å². The fourth-order valence-electron chi connectivity index (χ4n) is 3.68. The van der Waals surface area contributed by atoms with E-state index in [2.05, 4.69) is 10.4 Å². The van der Waals surface area contributed by atoms with E-state index in [0.717, 1.165) is 5.56 Å². The van der Waals surface area contributed by atoms with E-state index in [9.17, 15) is 14.4 Å². The van der Waals surface area contributed by atoms with Crippen LogP contribution in [-0.4, -0.2) is 31.2 Å². The molecular weight excluding hydrogens is 360 g/mol. The number of carbonyl (C=O) groups excluding carboxylic acids is 1. The van der Waals surface area contributed by atoms with Gasteiger partial charge in [0.1, 0.15) is 0 Å². The maximum absolute atomic E-state index is 12.4. The molecule has 0 saturated heterocycles. The third-order valence-electron chi connectivity index (χ3n) is 5.17. The molecule has 1 aliphatic carbocycles. The van der Waals surface area contributed by atoms with Crippen molar-refractivity contribution in [3.8, 4) is 0 Å². The van der Waals surface area contributed by atoms with Crippen molar-refractivity contribution in [1.82, 2.24) is 14.2 Å². The van der Waals surface area contributed by atoms with E-state index in [1.54, 1.807) is 36.5 Å². The van der Waals surface area contributed by atoms with Crippen molar-refractivity contribution in [3.05, 3.63) is 64.7 Å². The molecule has 2 heterocycles. The quantitative estimate of drug-likeness (QED) is 0.704. The Morgan fingerprint density at radius 2 is 1.96 bits per heavy atom. The number of hydrogen-bond acceptors (Lipinski definition) is 4. The molecule has 0 aliphatic heterocycles. The van der Waals surface area contributed by atoms with Gasteiger partial charge in [0.15, 0.2) is 5.65 Å². The Morgan fingerprint density at radius 1 is 1.14 bits per heavy atom. The van der Waals surface area contributed by atoms with Crippen LogP contribution in [0.2, 0.25) is 0 Å². The number of carboxylic acid groups (broad SMARTS) is 1. The number of fused-ring (bicyclic) bond motifs is 1. The largest absolute Gasteiger partial charge is 0.481 e. The highest BCUT2D eigenvalue weighted by Crippen LogP contribution is 2.32. The molecular formula is C20H20N4O4. The second-order valence-electron chi connectivity index (χ2n) is 7.10. The van der Waals surface area contributed by atoms with Gasteiger partial charge in [-0.15, -0.1) is 5.10 Å². The first-order chi connectivity index (χ1) is 13.5. The summed E-state index contributed by atoms with van der Waals surface area (Å²) in [7, 11) is 0. The number of rotatable bonds is 5.